The lowest BCUT2D eigenvalue weighted by molar-refractivity contribution is 0.181. The predicted octanol–water partition coefficient (Wildman–Crippen LogP) is 3.38. The first kappa shape index (κ1) is 15.3. The zero-order valence-corrected chi connectivity index (χ0v) is 13.5. The molecule has 0 aromatic carbocycles. The number of likely N-dealkylation sites (tertiary alicyclic amines) is 1. The molecule has 1 saturated heterocycles. The fourth-order valence-electron chi connectivity index (χ4n) is 4.22. The van der Waals surface area contributed by atoms with Gasteiger partial charge in [-0.15, -0.1) is 0 Å². The largest absolute Gasteiger partial charge is 0.316 e. The van der Waals surface area contributed by atoms with Crippen LogP contribution in [-0.2, 0) is 0 Å². The molecule has 2 heteroatoms. The van der Waals surface area contributed by atoms with Crippen molar-refractivity contribution in [2.24, 2.45) is 23.7 Å². The zero-order valence-electron chi connectivity index (χ0n) is 13.5. The van der Waals surface area contributed by atoms with Crippen LogP contribution in [0.25, 0.3) is 0 Å². The maximum Gasteiger partial charge on any atom is 0.0124 e. The van der Waals surface area contributed by atoms with Gasteiger partial charge in [-0.3, -0.25) is 4.90 Å². The Balaban J connectivity index is 1.73. The number of nitrogens with one attached hydrogen (secondary N) is 1. The van der Waals surface area contributed by atoms with E-state index in [0.29, 0.717) is 0 Å². The second-order valence-electron chi connectivity index (χ2n) is 7.37. The molecule has 0 spiro atoms. The van der Waals surface area contributed by atoms with Crippen LogP contribution in [0.5, 0.6) is 0 Å². The lowest BCUT2D eigenvalue weighted by atomic mass is 9.93. The van der Waals surface area contributed by atoms with Gasteiger partial charge in [-0.05, 0) is 62.6 Å². The summed E-state index contributed by atoms with van der Waals surface area (Å²) in [6, 6.07) is 0.889. The Kier molecular flexibility index (Phi) is 5.70. The average molecular weight is 266 g/mol. The molecule has 2 fully saturated rings. The van der Waals surface area contributed by atoms with E-state index in [4.69, 9.17) is 0 Å². The van der Waals surface area contributed by atoms with Crippen LogP contribution < -0.4 is 5.32 Å². The quantitative estimate of drug-likeness (QED) is 0.793. The summed E-state index contributed by atoms with van der Waals surface area (Å²) in [6.45, 7) is 14.5. The van der Waals surface area contributed by atoms with Crippen LogP contribution in [0.15, 0.2) is 0 Å². The second kappa shape index (κ2) is 7.08. The van der Waals surface area contributed by atoms with Gasteiger partial charge in [0.1, 0.15) is 0 Å². The summed E-state index contributed by atoms with van der Waals surface area (Å²) in [5, 5.41) is 3.64. The molecule has 2 rings (SSSR count). The summed E-state index contributed by atoms with van der Waals surface area (Å²) < 4.78 is 0. The van der Waals surface area contributed by atoms with E-state index in [1.807, 2.05) is 0 Å². The van der Waals surface area contributed by atoms with Gasteiger partial charge >= 0.3 is 0 Å². The number of nitrogens with zero attached hydrogens (tertiary/aromatic N) is 1. The van der Waals surface area contributed by atoms with Gasteiger partial charge in [0.25, 0.3) is 0 Å². The lowest BCUT2D eigenvalue weighted by Gasteiger charge is -2.29. The van der Waals surface area contributed by atoms with Crippen LogP contribution in [0.1, 0.15) is 53.4 Å². The summed E-state index contributed by atoms with van der Waals surface area (Å²) in [4.78, 5) is 2.81. The third kappa shape index (κ3) is 3.95. The van der Waals surface area contributed by atoms with Crippen molar-refractivity contribution in [3.05, 3.63) is 0 Å². The van der Waals surface area contributed by atoms with Gasteiger partial charge in [-0.1, -0.05) is 34.1 Å². The highest BCUT2D eigenvalue weighted by molar-refractivity contribution is 4.91. The molecule has 1 N–H and O–H groups in total. The SMILES string of the molecule is CCC1CCC(N2CCC(CNCC(C)C)C2)C1C. The van der Waals surface area contributed by atoms with Crippen molar-refractivity contribution < 1.29 is 0 Å². The van der Waals surface area contributed by atoms with Crippen molar-refractivity contribution >= 4 is 0 Å². The first-order valence-electron chi connectivity index (χ1n) is 8.56. The molecule has 0 bridgehead atoms. The minimum atomic E-state index is 0.776. The van der Waals surface area contributed by atoms with Crippen molar-refractivity contribution in [2.45, 2.75) is 59.4 Å². The second-order valence-corrected chi connectivity index (χ2v) is 7.37. The van der Waals surface area contributed by atoms with Crippen molar-refractivity contribution in [3.8, 4) is 0 Å². The molecule has 19 heavy (non-hydrogen) atoms. The predicted molar refractivity (Wildman–Crippen MR) is 83.4 cm³/mol. The van der Waals surface area contributed by atoms with E-state index >= 15 is 0 Å². The van der Waals surface area contributed by atoms with Gasteiger partial charge in [0.2, 0.25) is 0 Å². The highest BCUT2D eigenvalue weighted by Gasteiger charge is 2.37. The van der Waals surface area contributed by atoms with Gasteiger partial charge in [0.15, 0.2) is 0 Å². The third-order valence-corrected chi connectivity index (χ3v) is 5.48. The van der Waals surface area contributed by atoms with E-state index in [-0.39, 0.29) is 0 Å². The molecule has 1 saturated carbocycles. The standard InChI is InChI=1S/C17H34N2/c1-5-16-6-7-17(14(16)4)19-9-8-15(12-19)11-18-10-13(2)3/h13-18H,5-12H2,1-4H3. The molecule has 2 nitrogen and oxygen atoms in total. The van der Waals surface area contributed by atoms with E-state index in [0.717, 1.165) is 29.7 Å². The monoisotopic (exact) mass is 266 g/mol. The number of hydrogen-bond acceptors (Lipinski definition) is 2. The molecule has 0 aromatic heterocycles. The molecule has 0 aromatic rings. The van der Waals surface area contributed by atoms with Crippen molar-refractivity contribution in [1.82, 2.24) is 10.2 Å². The fraction of sp³-hybridized carbons (Fsp3) is 1.00. The van der Waals surface area contributed by atoms with Crippen LogP contribution in [0.4, 0.5) is 0 Å². The Labute approximate surface area is 120 Å². The van der Waals surface area contributed by atoms with Gasteiger partial charge in [0, 0.05) is 12.6 Å². The van der Waals surface area contributed by atoms with Gasteiger partial charge in [0.05, 0.1) is 0 Å². The Morgan fingerprint density at radius 2 is 2.00 bits per heavy atom. The molecule has 1 heterocycles. The molecule has 1 aliphatic heterocycles. The molecule has 0 amide bonds. The average Bonchev–Trinajstić information content (AvgIpc) is 2.95. The maximum atomic E-state index is 3.64. The molecule has 1 aliphatic carbocycles. The van der Waals surface area contributed by atoms with E-state index in [1.54, 1.807) is 0 Å². The number of rotatable bonds is 6. The van der Waals surface area contributed by atoms with Crippen LogP contribution in [0.2, 0.25) is 0 Å². The first-order chi connectivity index (χ1) is 9.11. The molecule has 0 radical (unpaired) electrons. The Morgan fingerprint density at radius 1 is 1.21 bits per heavy atom. The summed E-state index contributed by atoms with van der Waals surface area (Å²) in [7, 11) is 0. The van der Waals surface area contributed by atoms with Crippen LogP contribution in [0.3, 0.4) is 0 Å². The van der Waals surface area contributed by atoms with Crippen LogP contribution in [-0.4, -0.2) is 37.1 Å². The highest BCUT2D eigenvalue weighted by Crippen LogP contribution is 2.38. The minimum Gasteiger partial charge on any atom is -0.316 e. The minimum absolute atomic E-state index is 0.776. The van der Waals surface area contributed by atoms with Gasteiger partial charge in [-0.25, -0.2) is 0 Å². The zero-order chi connectivity index (χ0) is 13.8. The molecule has 4 unspecified atom stereocenters. The van der Waals surface area contributed by atoms with Crippen LogP contribution in [0, 0.1) is 23.7 Å². The Hall–Kier alpha value is -0.0800. The van der Waals surface area contributed by atoms with E-state index in [1.165, 1.54) is 51.9 Å². The molecule has 112 valence electrons. The van der Waals surface area contributed by atoms with Gasteiger partial charge in [-0.2, -0.15) is 0 Å². The smallest absolute Gasteiger partial charge is 0.0124 e. The molecular formula is C17H34N2. The highest BCUT2D eigenvalue weighted by atomic mass is 15.2. The topological polar surface area (TPSA) is 15.3 Å². The third-order valence-electron chi connectivity index (χ3n) is 5.48. The summed E-state index contributed by atoms with van der Waals surface area (Å²) in [6.07, 6.45) is 5.71. The Morgan fingerprint density at radius 3 is 2.63 bits per heavy atom. The van der Waals surface area contributed by atoms with E-state index < -0.39 is 0 Å². The first-order valence-corrected chi connectivity index (χ1v) is 8.56. The maximum absolute atomic E-state index is 3.64. The lowest BCUT2D eigenvalue weighted by Crippen LogP contribution is -2.37. The van der Waals surface area contributed by atoms with Crippen molar-refractivity contribution in [1.29, 1.82) is 0 Å². The fourth-order valence-corrected chi connectivity index (χ4v) is 4.22. The van der Waals surface area contributed by atoms with Crippen molar-refractivity contribution in [2.75, 3.05) is 26.2 Å². The number of hydrogen-bond donors (Lipinski definition) is 1. The van der Waals surface area contributed by atoms with E-state index in [9.17, 15) is 0 Å². The van der Waals surface area contributed by atoms with Crippen molar-refractivity contribution in [3.63, 3.8) is 0 Å². The normalized spacial score (nSPS) is 36.5. The van der Waals surface area contributed by atoms with E-state index in [2.05, 4.69) is 37.9 Å². The molecular weight excluding hydrogens is 232 g/mol. The summed E-state index contributed by atoms with van der Waals surface area (Å²) in [5.74, 6) is 3.58. The summed E-state index contributed by atoms with van der Waals surface area (Å²) in [5.41, 5.74) is 0. The van der Waals surface area contributed by atoms with Gasteiger partial charge < -0.3 is 5.32 Å². The summed E-state index contributed by atoms with van der Waals surface area (Å²) >= 11 is 0. The van der Waals surface area contributed by atoms with Crippen LogP contribution >= 0.6 is 0 Å². The molecule has 4 atom stereocenters. The molecule has 2 aliphatic rings. The Bertz CT molecular complexity index is 264.